The molecule has 1 amide bonds. The van der Waals surface area contributed by atoms with Crippen molar-refractivity contribution in [3.8, 4) is 5.75 Å². The summed E-state index contributed by atoms with van der Waals surface area (Å²) in [5.41, 5.74) is 2.17. The number of carboxylic acid groups (broad SMARTS) is 1. The molecule has 2 aromatic carbocycles. The number of carboxylic acids is 1. The molecule has 3 aromatic rings. The number of fused-ring (bicyclic) bond motifs is 1. The first-order valence-electron chi connectivity index (χ1n) is 10.4. The van der Waals surface area contributed by atoms with Gasteiger partial charge in [0.05, 0.1) is 5.92 Å². The highest BCUT2D eigenvalue weighted by molar-refractivity contribution is 5.82. The molecule has 1 saturated heterocycles. The second-order valence-corrected chi connectivity index (χ2v) is 7.77. The normalized spacial score (nSPS) is 16.5. The van der Waals surface area contributed by atoms with E-state index in [1.807, 2.05) is 60.8 Å². The van der Waals surface area contributed by atoms with Crippen LogP contribution in [0.5, 0.6) is 5.75 Å². The van der Waals surface area contributed by atoms with E-state index in [4.69, 9.17) is 4.74 Å². The van der Waals surface area contributed by atoms with E-state index in [0.717, 1.165) is 28.6 Å². The van der Waals surface area contributed by atoms with Gasteiger partial charge in [-0.05, 0) is 42.7 Å². The number of hydrogen-bond acceptors (Lipinski definition) is 3. The summed E-state index contributed by atoms with van der Waals surface area (Å²) in [6.07, 6.45) is 3.74. The summed E-state index contributed by atoms with van der Waals surface area (Å²) in [6.45, 7) is 2.06. The van der Waals surface area contributed by atoms with Gasteiger partial charge in [-0.1, -0.05) is 30.3 Å². The number of aromatic nitrogens is 1. The van der Waals surface area contributed by atoms with Crippen LogP contribution in [0.3, 0.4) is 0 Å². The van der Waals surface area contributed by atoms with Crippen molar-refractivity contribution in [1.82, 2.24) is 9.47 Å². The highest BCUT2D eigenvalue weighted by Gasteiger charge is 2.27. The number of carbonyl (C=O) groups excluding carboxylic acids is 1. The number of aryl methyl sites for hydroxylation is 1. The third kappa shape index (κ3) is 4.64. The Morgan fingerprint density at radius 3 is 2.73 bits per heavy atom. The van der Waals surface area contributed by atoms with Crippen LogP contribution in [0.25, 0.3) is 10.9 Å². The lowest BCUT2D eigenvalue weighted by atomic mass is 9.98. The van der Waals surface area contributed by atoms with E-state index in [-0.39, 0.29) is 5.91 Å². The Kier molecular flexibility index (Phi) is 6.02. The van der Waals surface area contributed by atoms with Crippen LogP contribution < -0.4 is 4.74 Å². The largest absolute Gasteiger partial charge is 0.489 e. The average molecular weight is 406 g/mol. The second kappa shape index (κ2) is 9.03. The summed E-state index contributed by atoms with van der Waals surface area (Å²) in [4.78, 5) is 25.5. The molecule has 2 heterocycles. The van der Waals surface area contributed by atoms with Crippen molar-refractivity contribution in [2.24, 2.45) is 5.92 Å². The number of amides is 1. The van der Waals surface area contributed by atoms with Gasteiger partial charge in [-0.15, -0.1) is 0 Å². The van der Waals surface area contributed by atoms with Gasteiger partial charge in [-0.25, -0.2) is 0 Å². The maximum atomic E-state index is 12.6. The third-order valence-corrected chi connectivity index (χ3v) is 5.68. The molecule has 0 bridgehead atoms. The third-order valence-electron chi connectivity index (χ3n) is 5.68. The Balaban J connectivity index is 1.35. The molecule has 6 nitrogen and oxygen atoms in total. The van der Waals surface area contributed by atoms with Crippen LogP contribution in [0.1, 0.15) is 24.8 Å². The molecule has 1 aliphatic rings. The van der Waals surface area contributed by atoms with Crippen LogP contribution >= 0.6 is 0 Å². The number of ether oxygens (including phenoxy) is 1. The number of nitrogens with zero attached hydrogens (tertiary/aromatic N) is 2. The molecule has 4 rings (SSSR count). The van der Waals surface area contributed by atoms with Crippen molar-refractivity contribution in [2.45, 2.75) is 32.4 Å². The van der Waals surface area contributed by atoms with Crippen molar-refractivity contribution < 1.29 is 19.4 Å². The maximum absolute atomic E-state index is 12.6. The first-order valence-corrected chi connectivity index (χ1v) is 10.4. The van der Waals surface area contributed by atoms with Gasteiger partial charge in [-0.2, -0.15) is 0 Å². The van der Waals surface area contributed by atoms with Gasteiger partial charge in [0.25, 0.3) is 0 Å². The fourth-order valence-electron chi connectivity index (χ4n) is 3.98. The summed E-state index contributed by atoms with van der Waals surface area (Å²) in [6, 6.07) is 18.0. The molecule has 156 valence electrons. The maximum Gasteiger partial charge on any atom is 0.308 e. The summed E-state index contributed by atoms with van der Waals surface area (Å²) >= 11 is 0. The van der Waals surface area contributed by atoms with E-state index >= 15 is 0 Å². The van der Waals surface area contributed by atoms with E-state index < -0.39 is 11.9 Å². The van der Waals surface area contributed by atoms with E-state index in [1.165, 1.54) is 0 Å². The minimum atomic E-state index is -0.811. The number of benzene rings is 2. The standard InChI is InChI=1S/C24H26N2O4/c27-23(26-12-4-7-20(16-26)24(28)29)11-14-25-13-10-19-15-21(8-9-22(19)25)30-17-18-5-2-1-3-6-18/h1-3,5-6,8-10,13,15,20H,4,7,11-12,14,16-17H2,(H,28,29)/t20-/m0/s1. The molecule has 0 aliphatic carbocycles. The Morgan fingerprint density at radius 2 is 1.93 bits per heavy atom. The number of piperidine rings is 1. The van der Waals surface area contributed by atoms with E-state index in [1.54, 1.807) is 4.90 Å². The zero-order chi connectivity index (χ0) is 20.9. The van der Waals surface area contributed by atoms with Gasteiger partial charge >= 0.3 is 5.97 Å². The monoisotopic (exact) mass is 406 g/mol. The molecule has 0 spiro atoms. The first kappa shape index (κ1) is 20.0. The average Bonchev–Trinajstić information content (AvgIpc) is 3.19. The number of hydrogen-bond donors (Lipinski definition) is 1. The number of carbonyl (C=O) groups is 2. The molecule has 1 fully saturated rings. The SMILES string of the molecule is O=C(O)[C@H]1CCCN(C(=O)CCn2ccc3cc(OCc4ccccc4)ccc32)C1. The van der Waals surface area contributed by atoms with Crippen LogP contribution in [-0.2, 0) is 22.7 Å². The highest BCUT2D eigenvalue weighted by Crippen LogP contribution is 2.24. The van der Waals surface area contributed by atoms with Gasteiger partial charge in [0.15, 0.2) is 0 Å². The lowest BCUT2D eigenvalue weighted by Crippen LogP contribution is -2.42. The molecule has 1 atom stereocenters. The highest BCUT2D eigenvalue weighted by atomic mass is 16.5. The minimum Gasteiger partial charge on any atom is -0.489 e. The van der Waals surface area contributed by atoms with E-state index in [0.29, 0.717) is 39.1 Å². The van der Waals surface area contributed by atoms with Gasteiger partial charge in [0.1, 0.15) is 12.4 Å². The Bertz CT molecular complexity index is 1030. The molecule has 0 radical (unpaired) electrons. The van der Waals surface area contributed by atoms with Crippen LogP contribution in [0.4, 0.5) is 0 Å². The van der Waals surface area contributed by atoms with E-state index in [9.17, 15) is 14.7 Å². The van der Waals surface area contributed by atoms with Crippen molar-refractivity contribution >= 4 is 22.8 Å². The summed E-state index contributed by atoms with van der Waals surface area (Å²) < 4.78 is 7.96. The summed E-state index contributed by atoms with van der Waals surface area (Å²) in [7, 11) is 0. The van der Waals surface area contributed by atoms with Crippen molar-refractivity contribution in [3.63, 3.8) is 0 Å². The molecule has 0 unspecified atom stereocenters. The Morgan fingerprint density at radius 1 is 1.10 bits per heavy atom. The number of likely N-dealkylation sites (tertiary alicyclic amines) is 1. The number of rotatable bonds is 7. The Hall–Kier alpha value is -3.28. The fraction of sp³-hybridized carbons (Fsp3) is 0.333. The smallest absolute Gasteiger partial charge is 0.308 e. The first-order chi connectivity index (χ1) is 14.6. The quantitative estimate of drug-likeness (QED) is 0.645. The van der Waals surface area contributed by atoms with Gasteiger partial charge in [0, 0.05) is 43.2 Å². The summed E-state index contributed by atoms with van der Waals surface area (Å²) in [5, 5.41) is 10.3. The molecule has 30 heavy (non-hydrogen) atoms. The molecule has 1 N–H and O–H groups in total. The topological polar surface area (TPSA) is 71.8 Å². The van der Waals surface area contributed by atoms with Gasteiger partial charge in [-0.3, -0.25) is 9.59 Å². The van der Waals surface area contributed by atoms with Crippen LogP contribution in [-0.4, -0.2) is 39.5 Å². The van der Waals surface area contributed by atoms with Crippen LogP contribution in [0, 0.1) is 5.92 Å². The molecule has 0 saturated carbocycles. The second-order valence-electron chi connectivity index (χ2n) is 7.77. The van der Waals surface area contributed by atoms with Gasteiger partial charge < -0.3 is 19.3 Å². The molecule has 1 aromatic heterocycles. The zero-order valence-electron chi connectivity index (χ0n) is 16.9. The molecular formula is C24H26N2O4. The zero-order valence-corrected chi connectivity index (χ0v) is 16.9. The Labute approximate surface area is 175 Å². The van der Waals surface area contributed by atoms with Crippen molar-refractivity contribution in [2.75, 3.05) is 13.1 Å². The van der Waals surface area contributed by atoms with E-state index in [2.05, 4.69) is 4.57 Å². The number of aliphatic carboxylic acids is 1. The lowest BCUT2D eigenvalue weighted by Gasteiger charge is -2.30. The van der Waals surface area contributed by atoms with Crippen molar-refractivity contribution in [3.05, 3.63) is 66.4 Å². The predicted octanol–water partition coefficient (Wildman–Crippen LogP) is 3.93. The molecule has 1 aliphatic heterocycles. The van der Waals surface area contributed by atoms with Crippen LogP contribution in [0.15, 0.2) is 60.8 Å². The predicted molar refractivity (Wildman–Crippen MR) is 114 cm³/mol. The fourth-order valence-corrected chi connectivity index (χ4v) is 3.98. The van der Waals surface area contributed by atoms with Gasteiger partial charge in [0.2, 0.25) is 5.91 Å². The molecule has 6 heteroatoms. The van der Waals surface area contributed by atoms with Crippen molar-refractivity contribution in [1.29, 1.82) is 0 Å². The van der Waals surface area contributed by atoms with Crippen LogP contribution in [0.2, 0.25) is 0 Å². The lowest BCUT2D eigenvalue weighted by molar-refractivity contribution is -0.145. The minimum absolute atomic E-state index is 0.0191. The molecular weight excluding hydrogens is 380 g/mol. The summed E-state index contributed by atoms with van der Waals surface area (Å²) in [5.74, 6) is -0.419.